The lowest BCUT2D eigenvalue weighted by atomic mass is 9.73. The second-order valence-corrected chi connectivity index (χ2v) is 13.1. The Kier molecular flexibility index (Phi) is 10.9. The molecule has 0 saturated heterocycles. The minimum atomic E-state index is -4.96. The molecule has 0 aromatic heterocycles. The van der Waals surface area contributed by atoms with E-state index in [4.69, 9.17) is 22.9 Å². The van der Waals surface area contributed by atoms with Crippen molar-refractivity contribution in [2.24, 2.45) is 0 Å². The highest BCUT2D eigenvalue weighted by Gasteiger charge is 2.45. The zero-order chi connectivity index (χ0) is 41.9. The van der Waals surface area contributed by atoms with Crippen molar-refractivity contribution in [1.82, 2.24) is 0 Å². The summed E-state index contributed by atoms with van der Waals surface area (Å²) >= 11 is 0. The monoisotopic (exact) mass is 788 g/mol. The number of benzene rings is 4. The highest BCUT2D eigenvalue weighted by Crippen LogP contribution is 2.50. The number of phenols is 4. The van der Waals surface area contributed by atoms with Crippen molar-refractivity contribution in [3.63, 3.8) is 0 Å². The van der Waals surface area contributed by atoms with Gasteiger partial charge in [0, 0.05) is 10.8 Å². The lowest BCUT2D eigenvalue weighted by Gasteiger charge is -2.32. The summed E-state index contributed by atoms with van der Waals surface area (Å²) in [6.07, 6.45) is -19.8. The molecule has 0 radical (unpaired) electrons. The van der Waals surface area contributed by atoms with Crippen LogP contribution in [0, 0.1) is 0 Å². The Morgan fingerprint density at radius 3 is 0.667 bits per heavy atom. The highest BCUT2D eigenvalue weighted by molar-refractivity contribution is 5.65. The predicted molar refractivity (Wildman–Crippen MR) is 174 cm³/mol. The van der Waals surface area contributed by atoms with E-state index >= 15 is 0 Å². The van der Waals surface area contributed by atoms with E-state index in [1.807, 2.05) is 0 Å². The Labute approximate surface area is 298 Å². The zero-order valence-electron chi connectivity index (χ0n) is 28.3. The third-order valence-electron chi connectivity index (χ3n) is 8.58. The Hall–Kier alpha value is -5.56. The maximum atomic E-state index is 13.5. The largest absolute Gasteiger partial charge is 0.506 e. The Balaban J connectivity index is 0.000000290. The van der Waals surface area contributed by atoms with Gasteiger partial charge in [-0.2, -0.15) is 52.7 Å². The Morgan fingerprint density at radius 2 is 0.463 bits per heavy atom. The van der Waals surface area contributed by atoms with E-state index in [1.54, 1.807) is 0 Å². The molecule has 0 heterocycles. The van der Waals surface area contributed by atoms with Crippen LogP contribution in [-0.4, -0.2) is 20.4 Å². The molecule has 54 heavy (non-hydrogen) atoms. The van der Waals surface area contributed by atoms with Crippen LogP contribution < -0.4 is 22.9 Å². The van der Waals surface area contributed by atoms with Crippen LogP contribution in [0.25, 0.3) is 0 Å². The Bertz CT molecular complexity index is 1780. The number of anilines is 4. The summed E-state index contributed by atoms with van der Waals surface area (Å²) in [5, 5.41) is 38.5. The summed E-state index contributed by atoms with van der Waals surface area (Å²) in [4.78, 5) is 0. The van der Waals surface area contributed by atoms with Crippen LogP contribution in [0.4, 0.5) is 75.4 Å². The molecule has 0 unspecified atom stereocenters. The van der Waals surface area contributed by atoms with Gasteiger partial charge in [0.1, 0.15) is 23.0 Å². The molecule has 12 N–H and O–H groups in total. The maximum Gasteiger partial charge on any atom is 0.416 e. The first-order valence-electron chi connectivity index (χ1n) is 14.9. The zero-order valence-corrected chi connectivity index (χ0v) is 28.3. The number of nitrogen functional groups attached to an aromatic ring is 4. The number of nitrogens with two attached hydrogens (primary N) is 4. The van der Waals surface area contributed by atoms with E-state index in [1.165, 1.54) is 0 Å². The topological polar surface area (TPSA) is 185 Å². The molecular weight excluding hydrogens is 756 g/mol. The molecule has 0 saturated carbocycles. The van der Waals surface area contributed by atoms with Crippen molar-refractivity contribution in [3.8, 4) is 23.0 Å². The van der Waals surface area contributed by atoms with Gasteiger partial charge in [0.15, 0.2) is 0 Å². The van der Waals surface area contributed by atoms with E-state index < -0.39 is 126 Å². The first-order chi connectivity index (χ1) is 24.1. The fourth-order valence-corrected chi connectivity index (χ4v) is 5.72. The molecule has 0 aliphatic carbocycles. The average molecular weight is 789 g/mol. The van der Waals surface area contributed by atoms with Gasteiger partial charge in [0.2, 0.25) is 0 Å². The number of hydrogen-bond acceptors (Lipinski definition) is 8. The SMILES string of the molecule is CC(C)(c1cc(N)c(O)cc1C(F)(F)F)c1cc(N)c(O)cc1C(F)(F)F.CC(C)(c1cc(O)c(N)cc1C(F)(F)F)c1cc(O)c(N)cc1C(F)(F)F. The number of halogens is 12. The molecule has 20 heteroatoms. The van der Waals surface area contributed by atoms with E-state index in [9.17, 15) is 73.1 Å². The van der Waals surface area contributed by atoms with Crippen molar-refractivity contribution >= 4 is 22.7 Å². The minimum Gasteiger partial charge on any atom is -0.506 e. The third-order valence-corrected chi connectivity index (χ3v) is 8.58. The number of aromatic hydroxyl groups is 4. The molecule has 4 rings (SSSR count). The molecule has 296 valence electrons. The number of rotatable bonds is 4. The molecule has 4 aromatic rings. The maximum absolute atomic E-state index is 13.5. The van der Waals surface area contributed by atoms with Gasteiger partial charge in [-0.05, 0) is 70.8 Å². The molecule has 0 fully saturated rings. The summed E-state index contributed by atoms with van der Waals surface area (Å²) in [6.45, 7) is 4.48. The summed E-state index contributed by atoms with van der Waals surface area (Å²) in [7, 11) is 0. The fraction of sp³-hybridized carbons (Fsp3) is 0.294. The first kappa shape index (κ1) is 42.8. The van der Waals surface area contributed by atoms with E-state index in [0.717, 1.165) is 39.8 Å². The molecule has 0 amide bonds. The number of phenolic OH excluding ortho intramolecular Hbond substituents is 4. The number of hydrogen-bond donors (Lipinski definition) is 8. The van der Waals surface area contributed by atoms with Gasteiger partial charge in [0.25, 0.3) is 0 Å². The molecule has 0 atom stereocenters. The van der Waals surface area contributed by atoms with Gasteiger partial charge in [0.05, 0.1) is 45.0 Å². The van der Waals surface area contributed by atoms with Crippen molar-refractivity contribution in [2.75, 3.05) is 22.9 Å². The molecule has 0 aliphatic heterocycles. The fourth-order valence-electron chi connectivity index (χ4n) is 5.72. The van der Waals surface area contributed by atoms with Crippen molar-refractivity contribution in [2.45, 2.75) is 63.2 Å². The second-order valence-electron chi connectivity index (χ2n) is 13.1. The summed E-state index contributed by atoms with van der Waals surface area (Å²) < 4.78 is 161. The molecule has 8 nitrogen and oxygen atoms in total. The Morgan fingerprint density at radius 1 is 0.315 bits per heavy atom. The minimum absolute atomic E-state index is 0.365. The van der Waals surface area contributed by atoms with Gasteiger partial charge in [-0.1, -0.05) is 27.7 Å². The van der Waals surface area contributed by atoms with E-state index in [2.05, 4.69) is 0 Å². The van der Waals surface area contributed by atoms with Crippen LogP contribution in [0.2, 0.25) is 0 Å². The van der Waals surface area contributed by atoms with Gasteiger partial charge in [-0.25, -0.2) is 0 Å². The molecule has 0 bridgehead atoms. The van der Waals surface area contributed by atoms with Gasteiger partial charge < -0.3 is 43.4 Å². The standard InChI is InChI=1S/2C17H16F6N2O2/c1-15(2,7-5-13(26)11(24)3-9(7)16(18,19)20)8-6-14(27)12(25)4-10(8)17(21,22)23;1-15(2,7-3-11(24)13(26)5-9(7)16(18,19)20)8-4-12(25)14(27)6-10(8)17(21,22)23/h2*3-6,26-27H,24-25H2,1-2H3. The third kappa shape index (κ3) is 8.46. The van der Waals surface area contributed by atoms with Crippen LogP contribution in [-0.2, 0) is 35.5 Å². The quantitative estimate of drug-likeness (QED) is 0.0571. The average Bonchev–Trinajstić information content (AvgIpc) is 2.99. The normalized spacial score (nSPS) is 13.0. The molecule has 0 aliphatic rings. The summed E-state index contributed by atoms with van der Waals surface area (Å²) in [6, 6.07) is 4.54. The second kappa shape index (κ2) is 13.7. The van der Waals surface area contributed by atoms with Gasteiger partial charge >= 0.3 is 24.7 Å². The number of alkyl halides is 12. The van der Waals surface area contributed by atoms with Crippen molar-refractivity contribution in [3.05, 3.63) is 93.0 Å². The van der Waals surface area contributed by atoms with Crippen LogP contribution >= 0.6 is 0 Å². The molecular formula is C34H32F12N4O4. The highest BCUT2D eigenvalue weighted by atomic mass is 19.4. The molecule has 0 spiro atoms. The van der Waals surface area contributed by atoms with Crippen LogP contribution in [0.15, 0.2) is 48.5 Å². The van der Waals surface area contributed by atoms with Crippen molar-refractivity contribution in [1.29, 1.82) is 0 Å². The van der Waals surface area contributed by atoms with Crippen LogP contribution in [0.3, 0.4) is 0 Å². The van der Waals surface area contributed by atoms with Gasteiger partial charge in [-0.3, -0.25) is 0 Å². The molecule has 4 aromatic carbocycles. The first-order valence-corrected chi connectivity index (χ1v) is 14.9. The van der Waals surface area contributed by atoms with Gasteiger partial charge in [-0.15, -0.1) is 0 Å². The summed E-state index contributed by atoms with van der Waals surface area (Å²) in [5.74, 6) is -3.11. The van der Waals surface area contributed by atoms with Crippen molar-refractivity contribution < 1.29 is 73.1 Å². The lowest BCUT2D eigenvalue weighted by Crippen LogP contribution is -2.28. The summed E-state index contributed by atoms with van der Waals surface area (Å²) in [5.41, 5.74) is 8.10. The van der Waals surface area contributed by atoms with Crippen LogP contribution in [0.5, 0.6) is 23.0 Å². The van der Waals surface area contributed by atoms with Crippen LogP contribution in [0.1, 0.15) is 72.2 Å². The van der Waals surface area contributed by atoms with E-state index in [0.29, 0.717) is 36.4 Å². The lowest BCUT2D eigenvalue weighted by molar-refractivity contribution is -0.140. The van der Waals surface area contributed by atoms with E-state index in [-0.39, 0.29) is 0 Å². The predicted octanol–water partition coefficient (Wildman–Crippen LogP) is 9.25. The smallest absolute Gasteiger partial charge is 0.416 e.